The van der Waals surface area contributed by atoms with E-state index < -0.39 is 0 Å². The van der Waals surface area contributed by atoms with Gasteiger partial charge in [-0.05, 0) is 37.1 Å². The van der Waals surface area contributed by atoms with E-state index in [0.29, 0.717) is 6.04 Å². The molecule has 0 aromatic heterocycles. The lowest BCUT2D eigenvalue weighted by molar-refractivity contribution is 0.525. The highest BCUT2D eigenvalue weighted by molar-refractivity contribution is 6.30. The Morgan fingerprint density at radius 3 is 2.93 bits per heavy atom. The van der Waals surface area contributed by atoms with Gasteiger partial charge < -0.3 is 5.32 Å². The summed E-state index contributed by atoms with van der Waals surface area (Å²) in [4.78, 5) is 0. The Kier molecular flexibility index (Phi) is 5.44. The second-order valence-electron chi connectivity index (χ2n) is 3.55. The third kappa shape index (κ3) is 4.06. The van der Waals surface area contributed by atoms with Gasteiger partial charge in [-0.25, -0.2) is 0 Å². The van der Waals surface area contributed by atoms with Gasteiger partial charge in [0.15, 0.2) is 0 Å². The monoisotopic (exact) mass is 223 g/mol. The van der Waals surface area contributed by atoms with Gasteiger partial charge in [0.05, 0.1) is 0 Å². The third-order valence-electron chi connectivity index (χ3n) is 2.40. The third-order valence-corrected chi connectivity index (χ3v) is 2.63. The van der Waals surface area contributed by atoms with Gasteiger partial charge in [0.25, 0.3) is 0 Å². The van der Waals surface area contributed by atoms with E-state index >= 15 is 0 Å². The Balaban J connectivity index is 2.61. The number of nitrogens with one attached hydrogen (secondary N) is 1. The summed E-state index contributed by atoms with van der Waals surface area (Å²) >= 11 is 5.96. The molecule has 2 heteroatoms. The van der Waals surface area contributed by atoms with Crippen molar-refractivity contribution >= 4 is 11.6 Å². The summed E-state index contributed by atoms with van der Waals surface area (Å²) in [6.45, 7) is 6.85. The molecule has 1 unspecified atom stereocenters. The molecule has 1 aromatic rings. The number of hydrogen-bond acceptors (Lipinski definition) is 1. The van der Waals surface area contributed by atoms with E-state index in [1.165, 1.54) is 5.56 Å². The van der Waals surface area contributed by atoms with Crippen LogP contribution in [0.3, 0.4) is 0 Å². The maximum absolute atomic E-state index is 5.96. The van der Waals surface area contributed by atoms with Crippen molar-refractivity contribution in [2.24, 2.45) is 0 Å². The van der Waals surface area contributed by atoms with E-state index in [1.54, 1.807) is 0 Å². The summed E-state index contributed by atoms with van der Waals surface area (Å²) < 4.78 is 0. The van der Waals surface area contributed by atoms with Crippen LogP contribution in [0.25, 0.3) is 0 Å². The first-order valence-electron chi connectivity index (χ1n) is 5.37. The average Bonchev–Trinajstić information content (AvgIpc) is 2.24. The second kappa shape index (κ2) is 6.65. The molecular weight excluding hydrogens is 206 g/mol. The Labute approximate surface area is 97.1 Å². The fraction of sp³-hybridized carbons (Fsp3) is 0.385. The molecule has 0 aliphatic rings. The van der Waals surface area contributed by atoms with Crippen molar-refractivity contribution in [2.45, 2.75) is 25.8 Å². The van der Waals surface area contributed by atoms with Gasteiger partial charge in [0.2, 0.25) is 0 Å². The van der Waals surface area contributed by atoms with Crippen LogP contribution >= 0.6 is 11.6 Å². The molecule has 0 amide bonds. The van der Waals surface area contributed by atoms with Gasteiger partial charge in [-0.2, -0.15) is 0 Å². The molecule has 1 rings (SSSR count). The second-order valence-corrected chi connectivity index (χ2v) is 3.98. The number of halogens is 1. The molecule has 0 heterocycles. The lowest BCUT2D eigenvalue weighted by atomic mass is 10.0. The predicted octanol–water partition coefficient (Wildman–Crippen LogP) is 3.96. The molecule has 0 bridgehead atoms. The first-order valence-corrected chi connectivity index (χ1v) is 5.75. The molecule has 0 fully saturated rings. The van der Waals surface area contributed by atoms with Gasteiger partial charge in [-0.3, -0.25) is 0 Å². The minimum absolute atomic E-state index is 0.392. The van der Waals surface area contributed by atoms with Crippen LogP contribution in [-0.4, -0.2) is 6.54 Å². The van der Waals surface area contributed by atoms with Crippen molar-refractivity contribution in [3.05, 3.63) is 47.5 Å². The van der Waals surface area contributed by atoms with Gasteiger partial charge in [0, 0.05) is 11.1 Å². The standard InChI is InChI=1S/C13H18ClN/c1-3-5-9-15-13(4-2)11-7-6-8-12(14)10-11/h3,6-8,10,13,15H,1,4-5,9H2,2H3. The highest BCUT2D eigenvalue weighted by Crippen LogP contribution is 2.20. The largest absolute Gasteiger partial charge is 0.310 e. The van der Waals surface area contributed by atoms with Crippen molar-refractivity contribution < 1.29 is 0 Å². The predicted molar refractivity (Wildman–Crippen MR) is 67.3 cm³/mol. The van der Waals surface area contributed by atoms with Crippen LogP contribution < -0.4 is 5.32 Å². The van der Waals surface area contributed by atoms with Crippen molar-refractivity contribution in [3.63, 3.8) is 0 Å². The quantitative estimate of drug-likeness (QED) is 0.569. The van der Waals surface area contributed by atoms with Gasteiger partial charge >= 0.3 is 0 Å². The Bertz CT molecular complexity index is 309. The van der Waals surface area contributed by atoms with Crippen molar-refractivity contribution in [2.75, 3.05) is 6.54 Å². The summed E-state index contributed by atoms with van der Waals surface area (Å²) in [7, 11) is 0. The topological polar surface area (TPSA) is 12.0 Å². The summed E-state index contributed by atoms with van der Waals surface area (Å²) in [6.07, 6.45) is 3.99. The molecule has 1 nitrogen and oxygen atoms in total. The minimum Gasteiger partial charge on any atom is -0.310 e. The summed E-state index contributed by atoms with van der Waals surface area (Å²) in [5.74, 6) is 0. The number of benzene rings is 1. The van der Waals surface area contributed by atoms with Crippen LogP contribution in [0.1, 0.15) is 31.4 Å². The molecule has 0 saturated carbocycles. The zero-order valence-electron chi connectivity index (χ0n) is 9.17. The van der Waals surface area contributed by atoms with Gasteiger partial charge in [-0.1, -0.05) is 36.7 Å². The molecule has 15 heavy (non-hydrogen) atoms. The lowest BCUT2D eigenvalue weighted by Crippen LogP contribution is -2.21. The van der Waals surface area contributed by atoms with E-state index in [4.69, 9.17) is 11.6 Å². The SMILES string of the molecule is C=CCCNC(CC)c1cccc(Cl)c1. The molecule has 0 spiro atoms. The molecule has 82 valence electrons. The lowest BCUT2D eigenvalue weighted by Gasteiger charge is -2.17. The maximum Gasteiger partial charge on any atom is 0.0409 e. The normalized spacial score (nSPS) is 12.4. The highest BCUT2D eigenvalue weighted by atomic mass is 35.5. The molecule has 1 atom stereocenters. The Morgan fingerprint density at radius 1 is 1.53 bits per heavy atom. The first-order chi connectivity index (χ1) is 7.27. The molecule has 1 aromatic carbocycles. The van der Waals surface area contributed by atoms with Crippen LogP contribution in [0.4, 0.5) is 0 Å². The summed E-state index contributed by atoms with van der Waals surface area (Å²) in [5.41, 5.74) is 1.26. The van der Waals surface area contributed by atoms with Crippen molar-refractivity contribution in [1.82, 2.24) is 5.32 Å². The minimum atomic E-state index is 0.392. The first kappa shape index (κ1) is 12.3. The molecule has 0 aliphatic carbocycles. The summed E-state index contributed by atoms with van der Waals surface area (Å²) in [5, 5.41) is 4.29. The summed E-state index contributed by atoms with van der Waals surface area (Å²) in [6, 6.07) is 8.43. The van der Waals surface area contributed by atoms with E-state index in [0.717, 1.165) is 24.4 Å². The van der Waals surface area contributed by atoms with Crippen LogP contribution in [0.2, 0.25) is 5.02 Å². The smallest absolute Gasteiger partial charge is 0.0409 e. The zero-order chi connectivity index (χ0) is 11.1. The van der Waals surface area contributed by atoms with Crippen molar-refractivity contribution in [3.8, 4) is 0 Å². The zero-order valence-corrected chi connectivity index (χ0v) is 9.93. The van der Waals surface area contributed by atoms with Gasteiger partial charge in [-0.15, -0.1) is 6.58 Å². The Morgan fingerprint density at radius 2 is 2.33 bits per heavy atom. The van der Waals surface area contributed by atoms with E-state index in [-0.39, 0.29) is 0 Å². The molecule has 1 N–H and O–H groups in total. The molecule has 0 saturated heterocycles. The molecule has 0 aliphatic heterocycles. The molecular formula is C13H18ClN. The highest BCUT2D eigenvalue weighted by Gasteiger charge is 2.07. The number of hydrogen-bond donors (Lipinski definition) is 1. The van der Waals surface area contributed by atoms with Gasteiger partial charge in [0.1, 0.15) is 0 Å². The fourth-order valence-electron chi connectivity index (χ4n) is 1.58. The maximum atomic E-state index is 5.96. The number of rotatable bonds is 6. The molecule has 0 radical (unpaired) electrons. The fourth-order valence-corrected chi connectivity index (χ4v) is 1.78. The van der Waals surface area contributed by atoms with Crippen LogP contribution in [-0.2, 0) is 0 Å². The van der Waals surface area contributed by atoms with E-state index in [9.17, 15) is 0 Å². The van der Waals surface area contributed by atoms with Crippen LogP contribution in [0.15, 0.2) is 36.9 Å². The van der Waals surface area contributed by atoms with E-state index in [1.807, 2.05) is 24.3 Å². The van der Waals surface area contributed by atoms with Crippen LogP contribution in [0.5, 0.6) is 0 Å². The van der Waals surface area contributed by atoms with E-state index in [2.05, 4.69) is 24.9 Å². The van der Waals surface area contributed by atoms with Crippen LogP contribution in [0, 0.1) is 0 Å². The Hall–Kier alpha value is -0.790. The average molecular weight is 224 g/mol. The van der Waals surface area contributed by atoms with Crippen molar-refractivity contribution in [1.29, 1.82) is 0 Å².